The summed E-state index contributed by atoms with van der Waals surface area (Å²) < 4.78 is 19.8. The number of halogens is 3. The van der Waals surface area contributed by atoms with E-state index in [2.05, 4.69) is 10.3 Å². The highest BCUT2D eigenvalue weighted by atomic mass is 35.5. The van der Waals surface area contributed by atoms with E-state index in [-0.39, 0.29) is 17.4 Å². The molecule has 6 heteroatoms. The van der Waals surface area contributed by atoms with E-state index in [1.165, 1.54) is 6.07 Å². The van der Waals surface area contributed by atoms with Gasteiger partial charge in [0.1, 0.15) is 23.0 Å². The van der Waals surface area contributed by atoms with Gasteiger partial charge in [-0.25, -0.2) is 4.39 Å². The number of amidine groups is 1. The van der Waals surface area contributed by atoms with Crippen molar-refractivity contribution < 1.29 is 8.81 Å². The van der Waals surface area contributed by atoms with E-state index < -0.39 is 5.82 Å². The average Bonchev–Trinajstić information content (AvgIpc) is 3.39. The molecule has 0 amide bonds. The Balaban J connectivity index is 0.00000205. The lowest BCUT2D eigenvalue weighted by Gasteiger charge is -2.07. The first kappa shape index (κ1) is 19.5. The molecular formula is C23H17Cl2FN2O. The lowest BCUT2D eigenvalue weighted by atomic mass is 10.00. The first-order valence-electron chi connectivity index (χ1n) is 9.07. The topological polar surface area (TPSA) is 37.5 Å². The molecule has 0 aliphatic carbocycles. The molecule has 3 nitrogen and oxygen atoms in total. The van der Waals surface area contributed by atoms with Crippen LogP contribution in [-0.4, -0.2) is 18.9 Å². The van der Waals surface area contributed by atoms with Gasteiger partial charge in [0.2, 0.25) is 0 Å². The third-order valence-corrected chi connectivity index (χ3v) is 5.20. The number of aliphatic imine (C=N–C) groups is 1. The minimum atomic E-state index is -0.427. The molecule has 1 aromatic heterocycles. The number of rotatable bonds is 3. The summed E-state index contributed by atoms with van der Waals surface area (Å²) in [5.41, 5.74) is 4.56. The van der Waals surface area contributed by atoms with Gasteiger partial charge in [0, 0.05) is 23.1 Å². The van der Waals surface area contributed by atoms with E-state index >= 15 is 0 Å². The lowest BCUT2D eigenvalue weighted by Crippen LogP contribution is -2.20. The quantitative estimate of drug-likeness (QED) is 0.415. The van der Waals surface area contributed by atoms with Gasteiger partial charge in [0.15, 0.2) is 0 Å². The van der Waals surface area contributed by atoms with Gasteiger partial charge in [-0.2, -0.15) is 0 Å². The summed E-state index contributed by atoms with van der Waals surface area (Å²) in [7, 11) is 0. The standard InChI is InChI=1S/C23H16ClFN2O.ClH/c24-19-12-14(8-9-20(19)25)15-6-3-7-21-18(15)13-22(28-21)16-4-1-2-5-17(16)23-26-10-11-27-23;/h1-9,12-13H,10-11H2,(H,26,27);1H. The Bertz CT molecular complexity index is 1230. The molecule has 0 fully saturated rings. The first-order valence-corrected chi connectivity index (χ1v) is 9.44. The molecule has 1 aliphatic rings. The highest BCUT2D eigenvalue weighted by Gasteiger charge is 2.17. The Labute approximate surface area is 178 Å². The summed E-state index contributed by atoms with van der Waals surface area (Å²) in [5, 5.41) is 4.38. The van der Waals surface area contributed by atoms with Crippen LogP contribution in [0.4, 0.5) is 4.39 Å². The van der Waals surface area contributed by atoms with Crippen molar-refractivity contribution in [2.24, 2.45) is 4.99 Å². The average molecular weight is 427 g/mol. The van der Waals surface area contributed by atoms with Gasteiger partial charge in [-0.1, -0.05) is 54.1 Å². The summed E-state index contributed by atoms with van der Waals surface area (Å²) in [4.78, 5) is 4.54. The Kier molecular flexibility index (Phi) is 5.31. The molecule has 1 N–H and O–H groups in total. The van der Waals surface area contributed by atoms with Crippen molar-refractivity contribution in [1.82, 2.24) is 5.32 Å². The van der Waals surface area contributed by atoms with Gasteiger partial charge in [-0.05, 0) is 35.4 Å². The molecule has 0 saturated heterocycles. The maximum absolute atomic E-state index is 13.6. The minimum absolute atomic E-state index is 0. The monoisotopic (exact) mass is 426 g/mol. The van der Waals surface area contributed by atoms with Gasteiger partial charge >= 0.3 is 0 Å². The molecule has 29 heavy (non-hydrogen) atoms. The summed E-state index contributed by atoms with van der Waals surface area (Å²) in [5.74, 6) is 1.23. The van der Waals surface area contributed by atoms with Crippen LogP contribution in [-0.2, 0) is 0 Å². The van der Waals surface area contributed by atoms with Crippen LogP contribution in [0.2, 0.25) is 5.02 Å². The van der Waals surface area contributed by atoms with Gasteiger partial charge in [0.25, 0.3) is 0 Å². The second-order valence-electron chi connectivity index (χ2n) is 6.66. The summed E-state index contributed by atoms with van der Waals surface area (Å²) >= 11 is 5.99. The molecule has 3 aromatic carbocycles. The second kappa shape index (κ2) is 7.90. The molecule has 0 spiro atoms. The fourth-order valence-corrected chi connectivity index (χ4v) is 3.77. The summed E-state index contributed by atoms with van der Waals surface area (Å²) in [6, 6.07) is 20.7. The SMILES string of the molecule is Cl.Fc1ccc(-c2cccc3oc(-c4ccccc4C4=NCCN4)cc23)cc1Cl. The Hall–Kier alpha value is -2.82. The maximum Gasteiger partial charge on any atom is 0.141 e. The van der Waals surface area contributed by atoms with E-state index in [0.29, 0.717) is 0 Å². The fraction of sp³-hybridized carbons (Fsp3) is 0.0870. The van der Waals surface area contributed by atoms with Crippen molar-refractivity contribution in [3.05, 3.63) is 83.1 Å². The van der Waals surface area contributed by atoms with Crippen molar-refractivity contribution >= 4 is 40.8 Å². The van der Waals surface area contributed by atoms with E-state index in [1.807, 2.05) is 48.5 Å². The molecule has 0 atom stereocenters. The zero-order valence-electron chi connectivity index (χ0n) is 15.3. The molecule has 0 radical (unpaired) electrons. The lowest BCUT2D eigenvalue weighted by molar-refractivity contribution is 0.628. The van der Waals surface area contributed by atoms with E-state index in [9.17, 15) is 4.39 Å². The third-order valence-electron chi connectivity index (χ3n) is 4.91. The molecule has 1 aliphatic heterocycles. The highest BCUT2D eigenvalue weighted by molar-refractivity contribution is 6.31. The maximum atomic E-state index is 13.6. The van der Waals surface area contributed by atoms with Crippen LogP contribution in [0.25, 0.3) is 33.4 Å². The van der Waals surface area contributed by atoms with E-state index in [0.717, 1.165) is 57.9 Å². The predicted octanol–water partition coefficient (Wildman–Crippen LogP) is 6.33. The number of furan rings is 1. The smallest absolute Gasteiger partial charge is 0.141 e. The second-order valence-corrected chi connectivity index (χ2v) is 7.07. The normalized spacial score (nSPS) is 13.1. The summed E-state index contributed by atoms with van der Waals surface area (Å²) in [6.45, 7) is 1.62. The predicted molar refractivity (Wildman–Crippen MR) is 119 cm³/mol. The molecule has 2 heterocycles. The highest BCUT2D eigenvalue weighted by Crippen LogP contribution is 2.36. The van der Waals surface area contributed by atoms with Crippen molar-refractivity contribution in [3.8, 4) is 22.5 Å². The fourth-order valence-electron chi connectivity index (χ4n) is 3.59. The van der Waals surface area contributed by atoms with Gasteiger partial charge in [0.05, 0.1) is 11.6 Å². The molecular weight excluding hydrogens is 410 g/mol. The van der Waals surface area contributed by atoms with Crippen LogP contribution in [0, 0.1) is 5.82 Å². The van der Waals surface area contributed by atoms with Gasteiger partial charge in [-0.15, -0.1) is 12.4 Å². The largest absolute Gasteiger partial charge is 0.456 e. The third kappa shape index (κ3) is 3.50. The van der Waals surface area contributed by atoms with Crippen LogP contribution >= 0.6 is 24.0 Å². The van der Waals surface area contributed by atoms with Crippen molar-refractivity contribution in [2.45, 2.75) is 0 Å². The number of nitrogens with one attached hydrogen (secondary N) is 1. The van der Waals surface area contributed by atoms with Crippen molar-refractivity contribution in [1.29, 1.82) is 0 Å². The Morgan fingerprint density at radius 2 is 1.72 bits per heavy atom. The van der Waals surface area contributed by atoms with Crippen molar-refractivity contribution in [2.75, 3.05) is 13.1 Å². The Morgan fingerprint density at radius 3 is 2.48 bits per heavy atom. The molecule has 146 valence electrons. The van der Waals surface area contributed by atoms with Gasteiger partial charge < -0.3 is 9.73 Å². The Morgan fingerprint density at radius 1 is 0.931 bits per heavy atom. The molecule has 5 rings (SSSR count). The molecule has 0 bridgehead atoms. The zero-order valence-corrected chi connectivity index (χ0v) is 16.9. The number of hydrogen-bond donors (Lipinski definition) is 1. The number of benzene rings is 3. The minimum Gasteiger partial charge on any atom is -0.456 e. The first-order chi connectivity index (χ1) is 13.7. The number of fused-ring (bicyclic) bond motifs is 1. The van der Waals surface area contributed by atoms with Crippen LogP contribution < -0.4 is 5.32 Å². The van der Waals surface area contributed by atoms with Crippen molar-refractivity contribution in [3.63, 3.8) is 0 Å². The molecule has 4 aromatic rings. The van der Waals surface area contributed by atoms with Crippen LogP contribution in [0.15, 0.2) is 76.1 Å². The number of nitrogens with zero attached hydrogens (tertiary/aromatic N) is 1. The van der Waals surface area contributed by atoms with Crippen LogP contribution in [0.1, 0.15) is 5.56 Å². The molecule has 0 saturated carbocycles. The van der Waals surface area contributed by atoms with Crippen LogP contribution in [0.5, 0.6) is 0 Å². The van der Waals surface area contributed by atoms with E-state index in [1.54, 1.807) is 12.1 Å². The number of hydrogen-bond acceptors (Lipinski definition) is 3. The van der Waals surface area contributed by atoms with Gasteiger partial charge in [-0.3, -0.25) is 4.99 Å². The molecule has 0 unspecified atom stereocenters. The summed E-state index contributed by atoms with van der Waals surface area (Å²) in [6.07, 6.45) is 0. The van der Waals surface area contributed by atoms with Crippen LogP contribution in [0.3, 0.4) is 0 Å². The van der Waals surface area contributed by atoms with E-state index in [4.69, 9.17) is 16.0 Å². The zero-order chi connectivity index (χ0) is 19.1.